The highest BCUT2D eigenvalue weighted by atomic mass is 32.2. The van der Waals surface area contributed by atoms with Gasteiger partial charge in [-0.1, -0.05) is 59.9 Å². The van der Waals surface area contributed by atoms with Gasteiger partial charge in [0.05, 0.1) is 18.6 Å². The van der Waals surface area contributed by atoms with Gasteiger partial charge in [0, 0.05) is 0 Å². The van der Waals surface area contributed by atoms with Crippen LogP contribution in [0.2, 0.25) is 0 Å². The number of thioether (sulfide) groups is 1. The third-order valence-corrected chi connectivity index (χ3v) is 5.84. The Morgan fingerprint density at radius 2 is 1.90 bits per heavy atom. The summed E-state index contributed by atoms with van der Waals surface area (Å²) in [6.45, 7) is 4.23. The summed E-state index contributed by atoms with van der Waals surface area (Å²) >= 11 is 6.40. The predicted molar refractivity (Wildman–Crippen MR) is 125 cm³/mol. The van der Waals surface area contributed by atoms with E-state index in [0.717, 1.165) is 22.9 Å². The highest BCUT2D eigenvalue weighted by Gasteiger charge is 2.33. The molecule has 31 heavy (non-hydrogen) atoms. The highest BCUT2D eigenvalue weighted by Crippen LogP contribution is 2.35. The van der Waals surface area contributed by atoms with E-state index >= 15 is 0 Å². The van der Waals surface area contributed by atoms with Gasteiger partial charge in [0.2, 0.25) is 0 Å². The zero-order valence-corrected chi connectivity index (χ0v) is 19.2. The molecule has 3 rings (SSSR count). The minimum atomic E-state index is -0.489. The van der Waals surface area contributed by atoms with Crippen LogP contribution in [0.3, 0.4) is 0 Å². The van der Waals surface area contributed by atoms with Crippen molar-refractivity contribution in [2.75, 3.05) is 20.3 Å². The first kappa shape index (κ1) is 22.8. The number of benzene rings is 2. The van der Waals surface area contributed by atoms with Gasteiger partial charge < -0.3 is 14.2 Å². The van der Waals surface area contributed by atoms with E-state index in [-0.39, 0.29) is 19.1 Å². The summed E-state index contributed by atoms with van der Waals surface area (Å²) in [7, 11) is 1.57. The van der Waals surface area contributed by atoms with Crippen LogP contribution in [0.1, 0.15) is 23.6 Å². The molecule has 0 radical (unpaired) electrons. The summed E-state index contributed by atoms with van der Waals surface area (Å²) in [6.07, 6.45) is 1.72. The fourth-order valence-electron chi connectivity index (χ4n) is 2.86. The van der Waals surface area contributed by atoms with Gasteiger partial charge in [-0.25, -0.2) is 0 Å². The Balaban J connectivity index is 1.72. The molecule has 0 unspecified atom stereocenters. The second kappa shape index (κ2) is 10.5. The Morgan fingerprint density at radius 1 is 1.16 bits per heavy atom. The van der Waals surface area contributed by atoms with Crippen molar-refractivity contribution in [3.63, 3.8) is 0 Å². The number of thiocarbonyl (C=S) groups is 1. The Hall–Kier alpha value is -2.84. The molecule has 1 aliphatic rings. The molecule has 0 saturated carbocycles. The monoisotopic (exact) mass is 457 g/mol. The van der Waals surface area contributed by atoms with Gasteiger partial charge >= 0.3 is 5.97 Å². The Kier molecular flexibility index (Phi) is 7.70. The largest absolute Gasteiger partial charge is 0.493 e. The van der Waals surface area contributed by atoms with Gasteiger partial charge in [-0.05, 0) is 43.2 Å². The highest BCUT2D eigenvalue weighted by molar-refractivity contribution is 8.26. The van der Waals surface area contributed by atoms with E-state index in [1.807, 2.05) is 37.3 Å². The van der Waals surface area contributed by atoms with Gasteiger partial charge in [-0.2, -0.15) is 0 Å². The lowest BCUT2D eigenvalue weighted by Crippen LogP contribution is -2.34. The van der Waals surface area contributed by atoms with Crippen LogP contribution in [0.15, 0.2) is 47.4 Å². The van der Waals surface area contributed by atoms with E-state index in [4.69, 9.17) is 26.4 Å². The number of hydrogen-bond donors (Lipinski definition) is 0. The first-order chi connectivity index (χ1) is 14.9. The van der Waals surface area contributed by atoms with E-state index < -0.39 is 5.97 Å². The summed E-state index contributed by atoms with van der Waals surface area (Å²) in [5.74, 6) is 0.358. The zero-order chi connectivity index (χ0) is 22.4. The molecule has 1 aliphatic heterocycles. The number of hydrogen-bond acceptors (Lipinski definition) is 7. The molecule has 1 heterocycles. The van der Waals surface area contributed by atoms with Gasteiger partial charge in [0.15, 0.2) is 11.5 Å². The van der Waals surface area contributed by atoms with Crippen LogP contribution in [0, 0.1) is 6.92 Å². The van der Waals surface area contributed by atoms with E-state index in [2.05, 4.69) is 0 Å². The maximum atomic E-state index is 12.7. The number of nitrogens with zero attached hydrogens (tertiary/aromatic N) is 1. The molecular formula is C23H23NO5S2. The summed E-state index contributed by atoms with van der Waals surface area (Å²) in [4.78, 5) is 26.1. The van der Waals surface area contributed by atoms with Crippen molar-refractivity contribution < 1.29 is 23.8 Å². The van der Waals surface area contributed by atoms with Crippen LogP contribution in [-0.4, -0.2) is 41.4 Å². The van der Waals surface area contributed by atoms with Crippen LogP contribution < -0.4 is 9.47 Å². The third kappa shape index (κ3) is 5.86. The van der Waals surface area contributed by atoms with Crippen LogP contribution in [0.4, 0.5) is 0 Å². The van der Waals surface area contributed by atoms with Crippen molar-refractivity contribution in [3.8, 4) is 11.5 Å². The fraction of sp³-hybridized carbons (Fsp3) is 0.261. The van der Waals surface area contributed by atoms with Crippen molar-refractivity contribution in [3.05, 3.63) is 64.1 Å². The molecule has 0 aromatic heterocycles. The van der Waals surface area contributed by atoms with Crippen LogP contribution in [0.25, 0.3) is 6.08 Å². The van der Waals surface area contributed by atoms with E-state index in [1.165, 1.54) is 10.5 Å². The standard InChI is InChI=1S/C23H23NO5S2/c1-4-28-21(25)13-24-22(26)20(31-23(24)30)12-17-9-10-18(19(11-17)27-3)29-14-16-7-5-15(2)6-8-16/h5-12H,4,13-14H2,1-3H3. The lowest BCUT2D eigenvalue weighted by atomic mass is 10.1. The summed E-state index contributed by atoms with van der Waals surface area (Å²) in [6, 6.07) is 13.6. The van der Waals surface area contributed by atoms with E-state index in [1.54, 1.807) is 32.2 Å². The first-order valence-corrected chi connectivity index (χ1v) is 10.9. The molecule has 0 atom stereocenters. The molecule has 2 aromatic rings. The smallest absolute Gasteiger partial charge is 0.326 e. The van der Waals surface area contributed by atoms with Crippen LogP contribution in [-0.2, 0) is 20.9 Å². The molecule has 8 heteroatoms. The van der Waals surface area contributed by atoms with Crippen molar-refractivity contribution in [2.45, 2.75) is 20.5 Å². The lowest BCUT2D eigenvalue weighted by Gasteiger charge is -2.13. The molecule has 1 saturated heterocycles. The maximum Gasteiger partial charge on any atom is 0.326 e. The topological polar surface area (TPSA) is 65.1 Å². The Labute approximate surface area is 191 Å². The first-order valence-electron chi connectivity index (χ1n) is 9.68. The summed E-state index contributed by atoms with van der Waals surface area (Å²) < 4.78 is 16.6. The molecule has 2 aromatic carbocycles. The van der Waals surface area contributed by atoms with E-state index in [9.17, 15) is 9.59 Å². The molecule has 162 valence electrons. The minimum Gasteiger partial charge on any atom is -0.493 e. The Morgan fingerprint density at radius 3 is 2.58 bits per heavy atom. The Bertz CT molecular complexity index is 1020. The van der Waals surface area contributed by atoms with Crippen LogP contribution >= 0.6 is 24.0 Å². The quantitative estimate of drug-likeness (QED) is 0.332. The average molecular weight is 458 g/mol. The number of rotatable bonds is 8. The fourth-order valence-corrected chi connectivity index (χ4v) is 4.12. The molecule has 1 fully saturated rings. The second-order valence-corrected chi connectivity index (χ2v) is 8.43. The normalized spacial score (nSPS) is 14.8. The average Bonchev–Trinajstić information content (AvgIpc) is 3.01. The number of carbonyl (C=O) groups is 2. The molecule has 0 spiro atoms. The van der Waals surface area contributed by atoms with Crippen molar-refractivity contribution >= 4 is 46.3 Å². The van der Waals surface area contributed by atoms with Crippen LogP contribution in [0.5, 0.6) is 11.5 Å². The summed E-state index contributed by atoms with van der Waals surface area (Å²) in [5, 5.41) is 0. The number of carbonyl (C=O) groups excluding carboxylic acids is 2. The number of amides is 1. The van der Waals surface area contributed by atoms with Crippen molar-refractivity contribution in [1.82, 2.24) is 4.90 Å². The molecule has 6 nitrogen and oxygen atoms in total. The molecule has 0 aliphatic carbocycles. The predicted octanol–water partition coefficient (Wildman–Crippen LogP) is 4.35. The maximum absolute atomic E-state index is 12.7. The SMILES string of the molecule is CCOC(=O)CN1C(=O)C(=Cc2ccc(OCc3ccc(C)cc3)c(OC)c2)SC1=S. The second-order valence-electron chi connectivity index (χ2n) is 6.76. The number of esters is 1. The van der Waals surface area contributed by atoms with Gasteiger partial charge in [0.25, 0.3) is 5.91 Å². The van der Waals surface area contributed by atoms with Gasteiger partial charge in [0.1, 0.15) is 17.5 Å². The van der Waals surface area contributed by atoms with E-state index in [0.29, 0.717) is 27.3 Å². The number of methoxy groups -OCH3 is 1. The number of aryl methyl sites for hydroxylation is 1. The van der Waals surface area contributed by atoms with Crippen molar-refractivity contribution in [2.24, 2.45) is 0 Å². The molecule has 1 amide bonds. The zero-order valence-electron chi connectivity index (χ0n) is 17.5. The molecule has 0 bridgehead atoms. The van der Waals surface area contributed by atoms with Gasteiger partial charge in [-0.3, -0.25) is 14.5 Å². The number of ether oxygens (including phenoxy) is 3. The lowest BCUT2D eigenvalue weighted by molar-refractivity contribution is -0.145. The van der Waals surface area contributed by atoms with Gasteiger partial charge in [-0.15, -0.1) is 0 Å². The molecule has 0 N–H and O–H groups in total. The minimum absolute atomic E-state index is 0.190. The summed E-state index contributed by atoms with van der Waals surface area (Å²) in [5.41, 5.74) is 3.01. The third-order valence-electron chi connectivity index (χ3n) is 4.47. The molecular weight excluding hydrogens is 434 g/mol. The van der Waals surface area contributed by atoms with Crippen molar-refractivity contribution in [1.29, 1.82) is 0 Å².